The number of carboxylic acids is 1. The molecular weight excluding hydrogens is 531 g/mol. The number of carbonyl (C=O) groups is 1. The van der Waals surface area contributed by atoms with Gasteiger partial charge in [-0.2, -0.15) is 4.31 Å². The number of sulfonamides is 1. The molecular formula is C26H25F5N2O4S. The summed E-state index contributed by atoms with van der Waals surface area (Å²) >= 11 is 0. The Balaban J connectivity index is 2.18. The number of anilines is 1. The van der Waals surface area contributed by atoms with Crippen molar-refractivity contribution in [2.45, 2.75) is 43.8 Å². The summed E-state index contributed by atoms with van der Waals surface area (Å²) in [7, 11) is -4.26. The number of rotatable bonds is 11. The van der Waals surface area contributed by atoms with Crippen LogP contribution in [0.5, 0.6) is 0 Å². The first-order valence-electron chi connectivity index (χ1n) is 11.5. The summed E-state index contributed by atoms with van der Waals surface area (Å²) in [5.74, 6) is -13.3. The Bertz CT molecular complexity index is 1370. The molecule has 3 aromatic carbocycles. The van der Waals surface area contributed by atoms with Crippen LogP contribution >= 0.6 is 0 Å². The van der Waals surface area contributed by atoms with E-state index in [0.717, 1.165) is 12.6 Å². The number of halogens is 5. The van der Waals surface area contributed by atoms with Crippen LogP contribution in [0.3, 0.4) is 0 Å². The number of nitrogens with zero attached hydrogens (tertiary/aromatic N) is 2. The number of aromatic carboxylic acids is 1. The van der Waals surface area contributed by atoms with Gasteiger partial charge in [0, 0.05) is 19.3 Å². The molecule has 3 aromatic rings. The van der Waals surface area contributed by atoms with E-state index in [2.05, 4.69) is 0 Å². The highest BCUT2D eigenvalue weighted by Crippen LogP contribution is 2.32. The molecule has 1 unspecified atom stereocenters. The third-order valence-electron chi connectivity index (χ3n) is 6.04. The Kier molecular flexibility index (Phi) is 9.10. The summed E-state index contributed by atoms with van der Waals surface area (Å²) in [6.45, 7) is 1.91. The lowest BCUT2D eigenvalue weighted by molar-refractivity contribution is 0.0697. The van der Waals surface area contributed by atoms with Crippen LogP contribution in [0, 0.1) is 29.1 Å². The lowest BCUT2D eigenvalue weighted by Crippen LogP contribution is -2.49. The second-order valence-electron chi connectivity index (χ2n) is 8.51. The van der Waals surface area contributed by atoms with Gasteiger partial charge in [0.15, 0.2) is 28.2 Å². The third kappa shape index (κ3) is 5.81. The summed E-state index contributed by atoms with van der Waals surface area (Å²) < 4.78 is 98.0. The Hall–Kier alpha value is -3.51. The zero-order valence-corrected chi connectivity index (χ0v) is 21.3. The fourth-order valence-electron chi connectivity index (χ4n) is 3.98. The topological polar surface area (TPSA) is 77.9 Å². The molecule has 0 spiro atoms. The van der Waals surface area contributed by atoms with Gasteiger partial charge >= 0.3 is 5.97 Å². The van der Waals surface area contributed by atoms with E-state index in [1.165, 1.54) is 24.3 Å². The molecule has 0 saturated heterocycles. The first kappa shape index (κ1) is 29.1. The molecule has 38 heavy (non-hydrogen) atoms. The fraction of sp³-hybridized carbons (Fsp3) is 0.269. The standard InChI is InChI=1S/C26H25F5N2O4S/c1-3-4-10-19(32(2)38(36,37)25-23(30)21(28)20(27)22(29)24(25)31)33(15-16-8-6-5-7-9-16)18-13-11-17(12-14-18)26(34)35/h5-9,11-14,19H,3-4,10,15H2,1-2H3,(H,34,35). The van der Waals surface area contributed by atoms with E-state index in [0.29, 0.717) is 22.8 Å². The SMILES string of the molecule is CCCCC(N(Cc1ccccc1)c1ccc(C(=O)O)cc1)N(C)S(=O)(=O)c1c(F)c(F)c(F)c(F)c1F. The van der Waals surface area contributed by atoms with Crippen molar-refractivity contribution in [3.05, 3.63) is 94.8 Å². The smallest absolute Gasteiger partial charge is 0.335 e. The highest BCUT2D eigenvalue weighted by molar-refractivity contribution is 7.89. The molecule has 0 saturated carbocycles. The molecule has 0 aliphatic rings. The normalized spacial score (nSPS) is 12.5. The number of hydrogen-bond acceptors (Lipinski definition) is 4. The van der Waals surface area contributed by atoms with Crippen molar-refractivity contribution in [1.29, 1.82) is 0 Å². The lowest BCUT2D eigenvalue weighted by atomic mass is 10.1. The maximum absolute atomic E-state index is 14.6. The minimum atomic E-state index is -5.26. The van der Waals surface area contributed by atoms with Gasteiger partial charge in [0.2, 0.25) is 5.82 Å². The van der Waals surface area contributed by atoms with Crippen LogP contribution in [-0.2, 0) is 16.6 Å². The van der Waals surface area contributed by atoms with E-state index in [9.17, 15) is 40.3 Å². The van der Waals surface area contributed by atoms with Gasteiger partial charge in [-0.25, -0.2) is 35.2 Å². The molecule has 0 bridgehead atoms. The number of carboxylic acid groups (broad SMARTS) is 1. The van der Waals surface area contributed by atoms with E-state index in [-0.39, 0.29) is 18.5 Å². The third-order valence-corrected chi connectivity index (χ3v) is 7.92. The number of hydrogen-bond donors (Lipinski definition) is 1. The maximum Gasteiger partial charge on any atom is 0.335 e. The molecule has 6 nitrogen and oxygen atoms in total. The van der Waals surface area contributed by atoms with Gasteiger partial charge in [-0.05, 0) is 36.2 Å². The maximum atomic E-state index is 14.6. The van der Waals surface area contributed by atoms with Gasteiger partial charge in [0.1, 0.15) is 0 Å². The molecule has 0 radical (unpaired) electrons. The van der Waals surface area contributed by atoms with E-state index in [4.69, 9.17) is 0 Å². The lowest BCUT2D eigenvalue weighted by Gasteiger charge is -2.39. The predicted octanol–water partition coefficient (Wildman–Crippen LogP) is 5.92. The van der Waals surface area contributed by atoms with Crippen molar-refractivity contribution in [3.8, 4) is 0 Å². The summed E-state index contributed by atoms with van der Waals surface area (Å²) in [6, 6.07) is 14.3. The predicted molar refractivity (Wildman–Crippen MR) is 131 cm³/mol. The molecule has 204 valence electrons. The van der Waals surface area contributed by atoms with Crippen LogP contribution in [0.1, 0.15) is 42.1 Å². The molecule has 1 N–H and O–H groups in total. The zero-order chi connectivity index (χ0) is 28.2. The Morgan fingerprint density at radius 2 is 1.39 bits per heavy atom. The Morgan fingerprint density at radius 3 is 1.89 bits per heavy atom. The van der Waals surface area contributed by atoms with Crippen LogP contribution in [0.25, 0.3) is 0 Å². The first-order chi connectivity index (χ1) is 17.9. The molecule has 0 fully saturated rings. The van der Waals surface area contributed by atoms with Crippen molar-refractivity contribution >= 4 is 21.7 Å². The van der Waals surface area contributed by atoms with Crippen molar-refractivity contribution in [2.75, 3.05) is 11.9 Å². The summed E-state index contributed by atoms with van der Waals surface area (Å²) in [5, 5.41) is 9.25. The first-order valence-corrected chi connectivity index (χ1v) is 13.0. The van der Waals surface area contributed by atoms with E-state index >= 15 is 0 Å². The summed E-state index contributed by atoms with van der Waals surface area (Å²) in [6.07, 6.45) is 0.0186. The minimum Gasteiger partial charge on any atom is -0.478 e. The number of benzene rings is 3. The van der Waals surface area contributed by atoms with E-state index in [1.807, 2.05) is 6.92 Å². The minimum absolute atomic E-state index is 0.0269. The highest BCUT2D eigenvalue weighted by atomic mass is 32.2. The van der Waals surface area contributed by atoms with Crippen LogP contribution < -0.4 is 4.90 Å². The van der Waals surface area contributed by atoms with Gasteiger partial charge in [-0.1, -0.05) is 50.1 Å². The van der Waals surface area contributed by atoms with Crippen LogP contribution in [0.15, 0.2) is 59.5 Å². The highest BCUT2D eigenvalue weighted by Gasteiger charge is 2.39. The fourth-order valence-corrected chi connectivity index (χ4v) is 5.44. The summed E-state index contributed by atoms with van der Waals surface area (Å²) in [4.78, 5) is 11.0. The Labute approximate surface area is 217 Å². The van der Waals surface area contributed by atoms with Crippen LogP contribution in [0.4, 0.5) is 27.6 Å². The molecule has 0 aliphatic heterocycles. The Morgan fingerprint density at radius 1 is 0.868 bits per heavy atom. The van der Waals surface area contributed by atoms with Gasteiger partial charge in [-0.15, -0.1) is 0 Å². The van der Waals surface area contributed by atoms with Crippen molar-refractivity contribution in [3.63, 3.8) is 0 Å². The molecule has 0 heterocycles. The summed E-state index contributed by atoms with van der Waals surface area (Å²) in [5.41, 5.74) is 1.07. The van der Waals surface area contributed by atoms with Crippen LogP contribution in [-0.4, -0.2) is 37.0 Å². The molecule has 12 heteroatoms. The average molecular weight is 557 g/mol. The molecule has 0 aliphatic carbocycles. The monoisotopic (exact) mass is 556 g/mol. The molecule has 1 atom stereocenters. The molecule has 0 aromatic heterocycles. The van der Waals surface area contributed by atoms with Crippen molar-refractivity contribution < 1.29 is 40.3 Å². The van der Waals surface area contributed by atoms with E-state index < -0.39 is 56.1 Å². The van der Waals surface area contributed by atoms with Gasteiger partial charge in [0.05, 0.1) is 11.7 Å². The van der Waals surface area contributed by atoms with E-state index in [1.54, 1.807) is 35.2 Å². The quantitative estimate of drug-likeness (QED) is 0.137. The van der Waals surface area contributed by atoms with Gasteiger partial charge in [-0.3, -0.25) is 0 Å². The average Bonchev–Trinajstić information content (AvgIpc) is 2.90. The van der Waals surface area contributed by atoms with Crippen molar-refractivity contribution in [1.82, 2.24) is 4.31 Å². The van der Waals surface area contributed by atoms with Crippen molar-refractivity contribution in [2.24, 2.45) is 0 Å². The molecule has 3 rings (SSSR count). The van der Waals surface area contributed by atoms with Gasteiger partial charge in [0.25, 0.3) is 10.0 Å². The largest absolute Gasteiger partial charge is 0.478 e. The zero-order valence-electron chi connectivity index (χ0n) is 20.5. The van der Waals surface area contributed by atoms with Crippen LogP contribution in [0.2, 0.25) is 0 Å². The molecule has 0 amide bonds. The number of unbranched alkanes of at least 4 members (excludes halogenated alkanes) is 1. The van der Waals surface area contributed by atoms with Gasteiger partial charge < -0.3 is 10.0 Å². The second-order valence-corrected chi connectivity index (χ2v) is 10.4. The second kappa shape index (κ2) is 11.9.